The Balaban J connectivity index is 2.11. The Bertz CT molecular complexity index is 886. The Labute approximate surface area is 159 Å². The topological polar surface area (TPSA) is 46.6 Å². The molecule has 1 amide bonds. The molecule has 0 heterocycles. The van der Waals surface area contributed by atoms with Gasteiger partial charge in [0, 0.05) is 12.6 Å². The van der Waals surface area contributed by atoms with Crippen LogP contribution in [0.25, 0.3) is 0 Å². The Morgan fingerprint density at radius 2 is 1.39 bits per heavy atom. The number of ether oxygens (including phenoxy) is 1. The molecule has 0 saturated carbocycles. The molecule has 2 aromatic rings. The summed E-state index contributed by atoms with van der Waals surface area (Å²) in [7, 11) is 1.44. The summed E-state index contributed by atoms with van der Waals surface area (Å²) < 4.78 is 57.8. The van der Waals surface area contributed by atoms with Crippen LogP contribution in [0.3, 0.4) is 0 Å². The number of carbonyl (C=O) groups is 2. The maximum atomic E-state index is 13.4. The zero-order valence-electron chi connectivity index (χ0n) is 15.5. The van der Waals surface area contributed by atoms with Crippen molar-refractivity contribution in [1.82, 2.24) is 4.90 Å². The summed E-state index contributed by atoms with van der Waals surface area (Å²) in [5.74, 6) is -6.10. The van der Waals surface area contributed by atoms with Gasteiger partial charge in [-0.3, -0.25) is 4.79 Å². The van der Waals surface area contributed by atoms with Gasteiger partial charge in [0.05, 0.1) is 11.6 Å². The van der Waals surface area contributed by atoms with Crippen LogP contribution in [0.1, 0.15) is 34.6 Å². The van der Waals surface area contributed by atoms with Crippen molar-refractivity contribution in [3.63, 3.8) is 0 Å². The second kappa shape index (κ2) is 8.86. The van der Waals surface area contributed by atoms with Gasteiger partial charge in [0.15, 0.2) is 23.3 Å². The summed E-state index contributed by atoms with van der Waals surface area (Å²) in [5, 5.41) is 0. The van der Waals surface area contributed by atoms with Crippen LogP contribution in [0.15, 0.2) is 36.4 Å². The standard InChI is InChI=1S/C20H19F4NO3/c1-11(2)18(10-28-20(27)13-5-7-15(22)17(24)9-13)25(3)19(26)12-4-6-14(21)16(23)8-12/h4-9,11,18H,10H2,1-3H3. The van der Waals surface area contributed by atoms with Crippen LogP contribution < -0.4 is 0 Å². The average molecular weight is 397 g/mol. The number of nitrogens with zero attached hydrogens (tertiary/aromatic N) is 1. The lowest BCUT2D eigenvalue weighted by Crippen LogP contribution is -2.44. The highest BCUT2D eigenvalue weighted by atomic mass is 19.2. The van der Waals surface area contributed by atoms with Gasteiger partial charge in [-0.25, -0.2) is 22.4 Å². The van der Waals surface area contributed by atoms with Gasteiger partial charge < -0.3 is 9.64 Å². The van der Waals surface area contributed by atoms with E-state index in [-0.39, 0.29) is 23.7 Å². The highest BCUT2D eigenvalue weighted by molar-refractivity contribution is 5.94. The molecular weight excluding hydrogens is 378 g/mol. The molecule has 0 spiro atoms. The fourth-order valence-electron chi connectivity index (χ4n) is 2.60. The predicted molar refractivity (Wildman–Crippen MR) is 93.7 cm³/mol. The van der Waals surface area contributed by atoms with Crippen LogP contribution in [-0.4, -0.2) is 36.5 Å². The fourth-order valence-corrected chi connectivity index (χ4v) is 2.60. The van der Waals surface area contributed by atoms with Gasteiger partial charge in [0.2, 0.25) is 0 Å². The van der Waals surface area contributed by atoms with Crippen LogP contribution >= 0.6 is 0 Å². The van der Waals surface area contributed by atoms with Crippen molar-refractivity contribution in [2.45, 2.75) is 19.9 Å². The molecule has 0 aromatic heterocycles. The number of hydrogen-bond acceptors (Lipinski definition) is 3. The summed E-state index contributed by atoms with van der Waals surface area (Å²) in [6.45, 7) is 3.34. The maximum absolute atomic E-state index is 13.4. The third-order valence-corrected chi connectivity index (χ3v) is 4.29. The van der Waals surface area contributed by atoms with Gasteiger partial charge >= 0.3 is 5.97 Å². The SMILES string of the molecule is CC(C)C(COC(=O)c1ccc(F)c(F)c1)N(C)C(=O)c1ccc(F)c(F)c1. The first-order valence-electron chi connectivity index (χ1n) is 8.46. The van der Waals surface area contributed by atoms with Crippen LogP contribution in [0.5, 0.6) is 0 Å². The van der Waals surface area contributed by atoms with Gasteiger partial charge in [-0.2, -0.15) is 0 Å². The number of benzene rings is 2. The second-order valence-electron chi connectivity index (χ2n) is 6.58. The lowest BCUT2D eigenvalue weighted by Gasteiger charge is -2.31. The first-order chi connectivity index (χ1) is 13.1. The Morgan fingerprint density at radius 3 is 1.89 bits per heavy atom. The molecule has 0 saturated heterocycles. The summed E-state index contributed by atoms with van der Waals surface area (Å²) in [6, 6.07) is 4.82. The van der Waals surface area contributed by atoms with E-state index in [0.29, 0.717) is 0 Å². The number of carbonyl (C=O) groups excluding carboxylic acids is 2. The number of hydrogen-bond donors (Lipinski definition) is 0. The molecule has 0 radical (unpaired) electrons. The van der Waals surface area contributed by atoms with Gasteiger partial charge in [-0.1, -0.05) is 13.8 Å². The predicted octanol–water partition coefficient (Wildman–Crippen LogP) is 4.20. The van der Waals surface area contributed by atoms with Crippen LogP contribution in [0.2, 0.25) is 0 Å². The van der Waals surface area contributed by atoms with E-state index in [2.05, 4.69) is 0 Å². The van der Waals surface area contributed by atoms with Crippen molar-refractivity contribution in [3.8, 4) is 0 Å². The largest absolute Gasteiger partial charge is 0.460 e. The molecule has 1 unspecified atom stereocenters. The summed E-state index contributed by atoms with van der Waals surface area (Å²) in [5.41, 5.74) is -0.227. The normalized spacial score (nSPS) is 12.0. The van der Waals surface area contributed by atoms with E-state index < -0.39 is 41.2 Å². The van der Waals surface area contributed by atoms with E-state index >= 15 is 0 Å². The van der Waals surface area contributed by atoms with Gasteiger partial charge in [-0.05, 0) is 42.3 Å². The van der Waals surface area contributed by atoms with Crippen molar-refractivity contribution in [2.24, 2.45) is 5.92 Å². The number of amides is 1. The first-order valence-corrected chi connectivity index (χ1v) is 8.46. The van der Waals surface area contributed by atoms with Crippen LogP contribution in [-0.2, 0) is 4.74 Å². The summed E-state index contributed by atoms with van der Waals surface area (Å²) in [6.07, 6.45) is 0. The monoisotopic (exact) mass is 397 g/mol. The van der Waals surface area contributed by atoms with Gasteiger partial charge in [0.25, 0.3) is 5.91 Å². The van der Waals surface area contributed by atoms with Gasteiger partial charge in [0.1, 0.15) is 6.61 Å². The maximum Gasteiger partial charge on any atom is 0.338 e. The lowest BCUT2D eigenvalue weighted by molar-refractivity contribution is 0.0289. The average Bonchev–Trinajstić information content (AvgIpc) is 2.65. The molecule has 0 N–H and O–H groups in total. The third-order valence-electron chi connectivity index (χ3n) is 4.29. The molecular formula is C20H19F4NO3. The van der Waals surface area contributed by atoms with E-state index in [1.807, 2.05) is 0 Å². The Morgan fingerprint density at radius 1 is 0.893 bits per heavy atom. The van der Waals surface area contributed by atoms with E-state index in [1.165, 1.54) is 11.9 Å². The van der Waals surface area contributed by atoms with E-state index in [0.717, 1.165) is 36.4 Å². The molecule has 28 heavy (non-hydrogen) atoms. The molecule has 8 heteroatoms. The third kappa shape index (κ3) is 4.88. The number of likely N-dealkylation sites (N-methyl/N-ethyl adjacent to an activating group) is 1. The zero-order chi connectivity index (χ0) is 21.0. The molecule has 2 aromatic carbocycles. The number of esters is 1. The lowest BCUT2D eigenvalue weighted by atomic mass is 10.0. The number of halogens is 4. The Kier molecular flexibility index (Phi) is 6.77. The highest BCUT2D eigenvalue weighted by Gasteiger charge is 2.26. The molecule has 0 fully saturated rings. The molecule has 0 aliphatic rings. The van der Waals surface area contributed by atoms with E-state index in [1.54, 1.807) is 13.8 Å². The molecule has 150 valence electrons. The number of rotatable bonds is 6. The summed E-state index contributed by atoms with van der Waals surface area (Å²) in [4.78, 5) is 25.9. The quantitative estimate of drug-likeness (QED) is 0.542. The Hall–Kier alpha value is -2.90. The van der Waals surface area contributed by atoms with Crippen molar-refractivity contribution in [1.29, 1.82) is 0 Å². The fraction of sp³-hybridized carbons (Fsp3) is 0.300. The first kappa shape index (κ1) is 21.4. The molecule has 4 nitrogen and oxygen atoms in total. The van der Waals surface area contributed by atoms with Crippen LogP contribution in [0.4, 0.5) is 17.6 Å². The molecule has 2 rings (SSSR count). The summed E-state index contributed by atoms with van der Waals surface area (Å²) >= 11 is 0. The minimum absolute atomic E-state index is 0.0565. The van der Waals surface area contributed by atoms with E-state index in [4.69, 9.17) is 4.74 Å². The minimum Gasteiger partial charge on any atom is -0.460 e. The van der Waals surface area contributed by atoms with Crippen LogP contribution in [0, 0.1) is 29.2 Å². The van der Waals surface area contributed by atoms with E-state index in [9.17, 15) is 27.2 Å². The van der Waals surface area contributed by atoms with Crippen molar-refractivity contribution < 1.29 is 31.9 Å². The minimum atomic E-state index is -1.18. The smallest absolute Gasteiger partial charge is 0.338 e. The molecule has 1 atom stereocenters. The highest BCUT2D eigenvalue weighted by Crippen LogP contribution is 2.17. The zero-order valence-corrected chi connectivity index (χ0v) is 15.5. The molecule has 0 aliphatic heterocycles. The molecule has 0 aliphatic carbocycles. The molecule has 0 bridgehead atoms. The van der Waals surface area contributed by atoms with Crippen molar-refractivity contribution in [3.05, 3.63) is 70.8 Å². The van der Waals surface area contributed by atoms with Crippen molar-refractivity contribution in [2.75, 3.05) is 13.7 Å². The van der Waals surface area contributed by atoms with Crippen molar-refractivity contribution >= 4 is 11.9 Å². The second-order valence-corrected chi connectivity index (χ2v) is 6.58. The van der Waals surface area contributed by atoms with Gasteiger partial charge in [-0.15, -0.1) is 0 Å².